The van der Waals surface area contributed by atoms with Gasteiger partial charge in [-0.3, -0.25) is 0 Å². The van der Waals surface area contributed by atoms with E-state index >= 15 is 0 Å². The summed E-state index contributed by atoms with van der Waals surface area (Å²) in [5.41, 5.74) is -1.01. The number of halogens is 4. The van der Waals surface area contributed by atoms with E-state index in [0.717, 1.165) is 13.8 Å². The third-order valence-corrected chi connectivity index (χ3v) is 1.21. The van der Waals surface area contributed by atoms with Gasteiger partial charge in [0.25, 0.3) is 0 Å². The zero-order valence-electron chi connectivity index (χ0n) is 6.67. The van der Waals surface area contributed by atoms with Crippen LogP contribution < -0.4 is 0 Å². The van der Waals surface area contributed by atoms with Crippen LogP contribution in [0, 0.1) is 0 Å². The van der Waals surface area contributed by atoms with Gasteiger partial charge in [0.1, 0.15) is 0 Å². The van der Waals surface area contributed by atoms with Crippen LogP contribution in [-0.2, 0) is 0 Å². The maximum absolute atomic E-state index is 12.6. The van der Waals surface area contributed by atoms with Crippen molar-refractivity contribution in [2.45, 2.75) is 13.8 Å². The van der Waals surface area contributed by atoms with Gasteiger partial charge in [-0.25, -0.2) is 17.6 Å². The van der Waals surface area contributed by atoms with E-state index < -0.39 is 22.8 Å². The van der Waals surface area contributed by atoms with Crippen LogP contribution in [0.3, 0.4) is 0 Å². The van der Waals surface area contributed by atoms with Crippen LogP contribution in [0.4, 0.5) is 17.6 Å². The Kier molecular flexibility index (Phi) is 4.33. The Morgan fingerprint density at radius 2 is 1.08 bits per heavy atom. The fraction of sp³-hybridized carbons (Fsp3) is 0.250. The van der Waals surface area contributed by atoms with Crippen molar-refractivity contribution in [2.75, 3.05) is 0 Å². The Balaban J connectivity index is 4.95. The number of allylic oxidation sites excluding steroid dienone is 4. The Morgan fingerprint density at radius 1 is 0.833 bits per heavy atom. The minimum atomic E-state index is -1.39. The number of rotatable bonds is 2. The van der Waals surface area contributed by atoms with Crippen molar-refractivity contribution in [1.82, 2.24) is 0 Å². The van der Waals surface area contributed by atoms with Crippen molar-refractivity contribution >= 4 is 0 Å². The summed E-state index contributed by atoms with van der Waals surface area (Å²) in [6.45, 7) is 2.08. The highest BCUT2D eigenvalue weighted by atomic mass is 19.2. The summed E-state index contributed by atoms with van der Waals surface area (Å²) < 4.78 is 48.5. The fourth-order valence-electron chi connectivity index (χ4n) is 0.442. The predicted octanol–water partition coefficient (Wildman–Crippen LogP) is 3.88. The van der Waals surface area contributed by atoms with E-state index in [1.165, 1.54) is 0 Å². The Labute approximate surface area is 67.9 Å². The molecule has 0 N–H and O–H groups in total. The molecule has 0 radical (unpaired) electrons. The molecule has 0 bridgehead atoms. The van der Waals surface area contributed by atoms with Gasteiger partial charge in [0.05, 0.1) is 12.7 Å². The van der Waals surface area contributed by atoms with Crippen LogP contribution in [0.25, 0.3) is 0 Å². The summed E-state index contributed by atoms with van der Waals surface area (Å²) in [7, 11) is 0. The van der Waals surface area contributed by atoms with E-state index in [1.54, 1.807) is 0 Å². The monoisotopic (exact) mass is 180 g/mol. The first-order chi connectivity index (χ1) is 5.54. The van der Waals surface area contributed by atoms with Crippen LogP contribution in [0.15, 0.2) is 35.5 Å². The topological polar surface area (TPSA) is 0 Å². The largest absolute Gasteiger partial charge is 0.215 e. The smallest absolute Gasteiger partial charge is 0.164 e. The average molecular weight is 180 g/mol. The van der Waals surface area contributed by atoms with Gasteiger partial charge in [-0.1, -0.05) is 0 Å². The Bertz CT molecular complexity index is 222. The molecular formula is C8H8F4. The second kappa shape index (κ2) is 4.74. The van der Waals surface area contributed by atoms with Crippen LogP contribution in [0.5, 0.6) is 0 Å². The molecule has 0 amide bonds. The Hall–Kier alpha value is -1.06. The van der Waals surface area contributed by atoms with E-state index in [9.17, 15) is 17.6 Å². The van der Waals surface area contributed by atoms with Crippen LogP contribution in [0.2, 0.25) is 0 Å². The minimum absolute atomic E-state index is 0.0829. The lowest BCUT2D eigenvalue weighted by Gasteiger charge is -1.98. The second-order valence-electron chi connectivity index (χ2n) is 2.21. The molecule has 0 aliphatic heterocycles. The molecule has 0 aromatic rings. The average Bonchev–Trinajstić information content (AvgIpc) is 2.12. The lowest BCUT2D eigenvalue weighted by molar-refractivity contribution is 0.544. The molecule has 0 aliphatic rings. The normalized spacial score (nSPS) is 16.2. The summed E-state index contributed by atoms with van der Waals surface area (Å²) in [6, 6.07) is 0. The van der Waals surface area contributed by atoms with Crippen molar-refractivity contribution in [3.8, 4) is 0 Å². The van der Waals surface area contributed by atoms with Crippen molar-refractivity contribution in [2.24, 2.45) is 0 Å². The SMILES string of the molecule is CC(=C\F)/C(F)=C(F)\C(C)=C\F. The highest BCUT2D eigenvalue weighted by molar-refractivity contribution is 5.33. The zero-order valence-corrected chi connectivity index (χ0v) is 6.67. The number of hydrogen-bond donors (Lipinski definition) is 0. The summed E-state index contributed by atoms with van der Waals surface area (Å²) >= 11 is 0. The van der Waals surface area contributed by atoms with Crippen LogP contribution in [-0.4, -0.2) is 0 Å². The fourth-order valence-corrected chi connectivity index (χ4v) is 0.442. The van der Waals surface area contributed by atoms with Gasteiger partial charge in [0.2, 0.25) is 0 Å². The van der Waals surface area contributed by atoms with Crippen molar-refractivity contribution in [1.29, 1.82) is 0 Å². The Morgan fingerprint density at radius 3 is 1.25 bits per heavy atom. The molecule has 0 spiro atoms. The first-order valence-corrected chi connectivity index (χ1v) is 3.14. The molecule has 0 aromatic heterocycles. The van der Waals surface area contributed by atoms with Gasteiger partial charge < -0.3 is 0 Å². The second-order valence-corrected chi connectivity index (χ2v) is 2.21. The van der Waals surface area contributed by atoms with Crippen molar-refractivity contribution in [3.05, 3.63) is 35.5 Å². The van der Waals surface area contributed by atoms with Crippen LogP contribution in [0.1, 0.15) is 13.8 Å². The van der Waals surface area contributed by atoms with E-state index in [2.05, 4.69) is 0 Å². The number of hydrogen-bond acceptors (Lipinski definition) is 0. The van der Waals surface area contributed by atoms with Gasteiger partial charge in [-0.05, 0) is 13.8 Å². The van der Waals surface area contributed by atoms with E-state index in [4.69, 9.17) is 0 Å². The summed E-state index contributed by atoms with van der Waals surface area (Å²) in [5, 5.41) is 0. The molecule has 0 rings (SSSR count). The summed E-state index contributed by atoms with van der Waals surface area (Å²) in [4.78, 5) is 0. The van der Waals surface area contributed by atoms with E-state index in [-0.39, 0.29) is 12.7 Å². The highest BCUT2D eigenvalue weighted by Crippen LogP contribution is 2.22. The molecule has 0 fully saturated rings. The molecule has 0 aromatic carbocycles. The first kappa shape index (κ1) is 10.9. The molecule has 0 heterocycles. The third kappa shape index (κ3) is 2.53. The van der Waals surface area contributed by atoms with Gasteiger partial charge in [0.15, 0.2) is 11.7 Å². The minimum Gasteiger partial charge on any atom is -0.215 e. The maximum Gasteiger partial charge on any atom is 0.164 e. The van der Waals surface area contributed by atoms with Gasteiger partial charge in [-0.2, -0.15) is 0 Å². The summed E-state index contributed by atoms with van der Waals surface area (Å²) in [6.07, 6.45) is -0.166. The van der Waals surface area contributed by atoms with E-state index in [1.807, 2.05) is 0 Å². The molecule has 0 nitrogen and oxygen atoms in total. The first-order valence-electron chi connectivity index (χ1n) is 3.14. The third-order valence-electron chi connectivity index (χ3n) is 1.21. The lowest BCUT2D eigenvalue weighted by Crippen LogP contribution is -1.84. The molecular weight excluding hydrogens is 172 g/mol. The van der Waals surface area contributed by atoms with Gasteiger partial charge in [-0.15, -0.1) is 0 Å². The molecule has 68 valence electrons. The van der Waals surface area contributed by atoms with Gasteiger partial charge in [0, 0.05) is 11.1 Å². The molecule has 12 heavy (non-hydrogen) atoms. The van der Waals surface area contributed by atoms with Gasteiger partial charge >= 0.3 is 0 Å². The predicted molar refractivity (Wildman–Crippen MR) is 39.0 cm³/mol. The highest BCUT2D eigenvalue weighted by Gasteiger charge is 2.09. The standard InChI is InChI=1S/C8H8F4/c1-5(3-9)7(11)8(12)6(2)4-10/h3-4H,1-2H3/b5-3+,6-4+,8-7-. The molecule has 0 aliphatic carbocycles. The molecule has 0 saturated heterocycles. The molecule has 4 heteroatoms. The maximum atomic E-state index is 12.6. The van der Waals surface area contributed by atoms with Crippen molar-refractivity contribution in [3.63, 3.8) is 0 Å². The van der Waals surface area contributed by atoms with E-state index in [0.29, 0.717) is 0 Å². The molecule has 0 atom stereocenters. The van der Waals surface area contributed by atoms with Crippen LogP contribution >= 0.6 is 0 Å². The summed E-state index contributed by atoms with van der Waals surface area (Å²) in [5.74, 6) is -2.77. The lowest BCUT2D eigenvalue weighted by atomic mass is 10.2. The molecule has 0 unspecified atom stereocenters. The molecule has 0 saturated carbocycles. The van der Waals surface area contributed by atoms with Crippen molar-refractivity contribution < 1.29 is 17.6 Å². The quantitative estimate of drug-likeness (QED) is 0.446. The zero-order chi connectivity index (χ0) is 9.72.